The lowest BCUT2D eigenvalue weighted by atomic mass is 10.1. The van der Waals surface area contributed by atoms with Crippen LogP contribution >= 0.6 is 0 Å². The molecule has 1 aromatic heterocycles. The van der Waals surface area contributed by atoms with Crippen LogP contribution in [-0.2, 0) is 6.42 Å². The van der Waals surface area contributed by atoms with E-state index in [0.717, 1.165) is 5.56 Å². The third-order valence-electron chi connectivity index (χ3n) is 2.16. The van der Waals surface area contributed by atoms with Crippen LogP contribution in [-0.4, -0.2) is 5.16 Å². The Balaban J connectivity index is 2.61. The van der Waals surface area contributed by atoms with Crippen LogP contribution in [0.1, 0.15) is 12.7 Å². The summed E-state index contributed by atoms with van der Waals surface area (Å²) < 4.78 is 5.06. The molecule has 3 nitrogen and oxygen atoms in total. The lowest BCUT2D eigenvalue weighted by Crippen LogP contribution is -2.01. The monoisotopic (exact) mass is 189 g/mol. The predicted octanol–water partition coefficient (Wildman–Crippen LogP) is 2.20. The van der Waals surface area contributed by atoms with Crippen molar-refractivity contribution in [1.82, 2.24) is 5.16 Å². The maximum atomic E-state index is 11.5. The summed E-state index contributed by atoms with van der Waals surface area (Å²) in [7, 11) is 0. The Labute approximate surface area is 81.3 Å². The van der Waals surface area contributed by atoms with Crippen molar-refractivity contribution in [2.45, 2.75) is 13.3 Å². The number of nitrogens with one attached hydrogen (secondary N) is 1. The van der Waals surface area contributed by atoms with Crippen LogP contribution in [0.25, 0.3) is 11.1 Å². The van der Waals surface area contributed by atoms with Gasteiger partial charge in [-0.1, -0.05) is 37.3 Å². The first-order valence-corrected chi connectivity index (χ1v) is 4.58. The minimum atomic E-state index is -0.159. The Bertz CT molecular complexity index is 468. The zero-order chi connectivity index (χ0) is 9.97. The van der Waals surface area contributed by atoms with Gasteiger partial charge in [0.2, 0.25) is 0 Å². The van der Waals surface area contributed by atoms with Gasteiger partial charge in [0, 0.05) is 6.42 Å². The lowest BCUT2D eigenvalue weighted by molar-refractivity contribution is 0.382. The molecule has 0 amide bonds. The van der Waals surface area contributed by atoms with E-state index in [2.05, 4.69) is 5.16 Å². The van der Waals surface area contributed by atoms with Crippen LogP contribution in [0.3, 0.4) is 0 Å². The second-order valence-electron chi connectivity index (χ2n) is 3.05. The van der Waals surface area contributed by atoms with Gasteiger partial charge in [0.15, 0.2) is 0 Å². The molecule has 0 aliphatic carbocycles. The third kappa shape index (κ3) is 1.37. The fraction of sp³-hybridized carbons (Fsp3) is 0.182. The fourth-order valence-electron chi connectivity index (χ4n) is 1.48. The molecular weight excluding hydrogens is 178 g/mol. The maximum absolute atomic E-state index is 11.5. The van der Waals surface area contributed by atoms with Gasteiger partial charge in [0.05, 0.1) is 5.56 Å². The van der Waals surface area contributed by atoms with Gasteiger partial charge in [-0.05, 0) is 5.56 Å². The third-order valence-corrected chi connectivity index (χ3v) is 2.16. The average molecular weight is 189 g/mol. The molecule has 0 bridgehead atoms. The SMILES string of the molecule is CCc1o[nH]c(=O)c1-c1ccccc1. The molecule has 72 valence electrons. The zero-order valence-corrected chi connectivity index (χ0v) is 7.91. The summed E-state index contributed by atoms with van der Waals surface area (Å²) in [5.41, 5.74) is 1.39. The Kier molecular flexibility index (Phi) is 2.23. The molecule has 3 heteroatoms. The molecule has 0 saturated heterocycles. The molecule has 1 heterocycles. The molecule has 0 atom stereocenters. The molecule has 0 aliphatic rings. The Morgan fingerprint density at radius 1 is 1.29 bits per heavy atom. The quantitative estimate of drug-likeness (QED) is 0.787. The molecule has 0 unspecified atom stereocenters. The molecule has 2 rings (SSSR count). The number of H-pyrrole nitrogens is 1. The number of aromatic nitrogens is 1. The second kappa shape index (κ2) is 3.54. The number of aryl methyl sites for hydroxylation is 1. The standard InChI is InChI=1S/C11H11NO2/c1-2-9-10(11(13)12-14-9)8-6-4-3-5-7-8/h3-7H,2H2,1H3,(H,12,13). The summed E-state index contributed by atoms with van der Waals surface area (Å²) in [6.07, 6.45) is 0.711. The summed E-state index contributed by atoms with van der Waals surface area (Å²) in [5.74, 6) is 0.709. The molecule has 0 fully saturated rings. The normalized spacial score (nSPS) is 10.4. The summed E-state index contributed by atoms with van der Waals surface area (Å²) in [6.45, 7) is 1.96. The molecule has 1 N–H and O–H groups in total. The number of hydrogen-bond donors (Lipinski definition) is 1. The topological polar surface area (TPSA) is 46.0 Å². The molecule has 0 aliphatic heterocycles. The molecule has 2 aromatic rings. The van der Waals surface area contributed by atoms with E-state index in [1.54, 1.807) is 0 Å². The average Bonchev–Trinajstić information content (AvgIpc) is 2.61. The van der Waals surface area contributed by atoms with Crippen LogP contribution in [0.4, 0.5) is 0 Å². The number of rotatable bonds is 2. The highest BCUT2D eigenvalue weighted by molar-refractivity contribution is 5.64. The second-order valence-corrected chi connectivity index (χ2v) is 3.05. The minimum absolute atomic E-state index is 0.159. The van der Waals surface area contributed by atoms with E-state index in [9.17, 15) is 4.79 Å². The van der Waals surface area contributed by atoms with Crippen molar-refractivity contribution < 1.29 is 4.52 Å². The van der Waals surface area contributed by atoms with E-state index in [0.29, 0.717) is 17.7 Å². The van der Waals surface area contributed by atoms with E-state index < -0.39 is 0 Å². The predicted molar refractivity (Wildman–Crippen MR) is 54.1 cm³/mol. The molecule has 1 aromatic carbocycles. The van der Waals surface area contributed by atoms with Gasteiger partial charge in [-0.3, -0.25) is 4.79 Å². The van der Waals surface area contributed by atoms with Crippen molar-refractivity contribution in [3.63, 3.8) is 0 Å². The highest BCUT2D eigenvalue weighted by Crippen LogP contribution is 2.19. The van der Waals surface area contributed by atoms with E-state index in [1.165, 1.54) is 0 Å². The van der Waals surface area contributed by atoms with E-state index >= 15 is 0 Å². The largest absolute Gasteiger partial charge is 0.383 e. The molecule has 0 saturated carbocycles. The molecular formula is C11H11NO2. The maximum Gasteiger partial charge on any atom is 0.288 e. The summed E-state index contributed by atoms with van der Waals surface area (Å²) in [4.78, 5) is 11.5. The molecule has 14 heavy (non-hydrogen) atoms. The van der Waals surface area contributed by atoms with E-state index in [1.807, 2.05) is 37.3 Å². The van der Waals surface area contributed by atoms with E-state index in [4.69, 9.17) is 4.52 Å². The zero-order valence-electron chi connectivity index (χ0n) is 7.91. The number of aromatic amines is 1. The van der Waals surface area contributed by atoms with Crippen LogP contribution in [0.2, 0.25) is 0 Å². The fourth-order valence-corrected chi connectivity index (χ4v) is 1.48. The van der Waals surface area contributed by atoms with Gasteiger partial charge in [-0.2, -0.15) is 5.16 Å². The van der Waals surface area contributed by atoms with Crippen LogP contribution in [0.15, 0.2) is 39.6 Å². The Morgan fingerprint density at radius 3 is 2.64 bits per heavy atom. The first-order valence-electron chi connectivity index (χ1n) is 4.58. The summed E-state index contributed by atoms with van der Waals surface area (Å²) >= 11 is 0. The molecule has 0 spiro atoms. The van der Waals surface area contributed by atoms with Gasteiger partial charge < -0.3 is 4.52 Å². The summed E-state index contributed by atoms with van der Waals surface area (Å²) in [5, 5.41) is 2.36. The molecule has 0 radical (unpaired) electrons. The van der Waals surface area contributed by atoms with Crippen LogP contribution < -0.4 is 5.56 Å². The van der Waals surface area contributed by atoms with Crippen molar-refractivity contribution >= 4 is 0 Å². The lowest BCUT2D eigenvalue weighted by Gasteiger charge is -1.96. The Morgan fingerprint density at radius 2 is 2.00 bits per heavy atom. The van der Waals surface area contributed by atoms with Crippen LogP contribution in [0.5, 0.6) is 0 Å². The van der Waals surface area contributed by atoms with Gasteiger partial charge >= 0.3 is 0 Å². The van der Waals surface area contributed by atoms with Gasteiger partial charge in [-0.25, -0.2) is 0 Å². The smallest absolute Gasteiger partial charge is 0.288 e. The summed E-state index contributed by atoms with van der Waals surface area (Å²) in [6, 6.07) is 9.53. The van der Waals surface area contributed by atoms with Crippen molar-refractivity contribution in [3.05, 3.63) is 46.4 Å². The number of benzene rings is 1. The Hall–Kier alpha value is -1.77. The van der Waals surface area contributed by atoms with Crippen molar-refractivity contribution in [2.75, 3.05) is 0 Å². The first-order chi connectivity index (χ1) is 6.83. The van der Waals surface area contributed by atoms with E-state index in [-0.39, 0.29) is 5.56 Å². The van der Waals surface area contributed by atoms with Crippen molar-refractivity contribution in [1.29, 1.82) is 0 Å². The minimum Gasteiger partial charge on any atom is -0.383 e. The van der Waals surface area contributed by atoms with Gasteiger partial charge in [0.1, 0.15) is 5.76 Å². The highest BCUT2D eigenvalue weighted by atomic mass is 16.5. The van der Waals surface area contributed by atoms with Gasteiger partial charge in [0.25, 0.3) is 5.56 Å². The highest BCUT2D eigenvalue weighted by Gasteiger charge is 2.11. The van der Waals surface area contributed by atoms with Crippen molar-refractivity contribution in [3.8, 4) is 11.1 Å². The van der Waals surface area contributed by atoms with Crippen LogP contribution in [0, 0.1) is 0 Å². The van der Waals surface area contributed by atoms with Crippen molar-refractivity contribution in [2.24, 2.45) is 0 Å². The van der Waals surface area contributed by atoms with Gasteiger partial charge in [-0.15, -0.1) is 0 Å². The number of hydrogen-bond acceptors (Lipinski definition) is 2. The first kappa shape index (κ1) is 8.81.